The molecule has 0 bridgehead atoms. The van der Waals surface area contributed by atoms with Gasteiger partial charge in [-0.1, -0.05) is 5.57 Å². The maximum absolute atomic E-state index is 5.51. The van der Waals surface area contributed by atoms with Crippen molar-refractivity contribution in [1.82, 2.24) is 5.32 Å². The predicted octanol–water partition coefficient (Wildman–Crippen LogP) is 0.911. The van der Waals surface area contributed by atoms with Crippen molar-refractivity contribution in [2.24, 2.45) is 0 Å². The Hall–Kier alpha value is -0.840. The summed E-state index contributed by atoms with van der Waals surface area (Å²) in [6.45, 7) is 2.32. The normalized spacial score (nSPS) is 28.2. The van der Waals surface area contributed by atoms with E-state index < -0.39 is 5.79 Å². The highest BCUT2D eigenvalue weighted by Crippen LogP contribution is 2.41. The second-order valence-electron chi connectivity index (χ2n) is 4.12. The minimum atomic E-state index is -0.512. The molecule has 2 aliphatic heterocycles. The highest BCUT2D eigenvalue weighted by molar-refractivity contribution is 5.40. The van der Waals surface area contributed by atoms with Crippen molar-refractivity contribution in [2.75, 3.05) is 27.0 Å². The van der Waals surface area contributed by atoms with Crippen molar-refractivity contribution in [3.05, 3.63) is 23.0 Å². The molecule has 4 heteroatoms. The number of hydrogen-bond acceptors (Lipinski definition) is 4. The van der Waals surface area contributed by atoms with Crippen LogP contribution >= 0.6 is 0 Å². The summed E-state index contributed by atoms with van der Waals surface area (Å²) >= 11 is 0. The third-order valence-corrected chi connectivity index (χ3v) is 3.27. The first-order valence-electron chi connectivity index (χ1n) is 5.30. The summed E-state index contributed by atoms with van der Waals surface area (Å²) in [5.74, 6) is 0.393. The van der Waals surface area contributed by atoms with Crippen LogP contribution in [0, 0.1) is 0 Å². The fraction of sp³-hybridized carbons (Fsp3) is 0.636. The Morgan fingerprint density at radius 1 is 1.47 bits per heavy atom. The molecular weight excluding hydrogens is 194 g/mol. The van der Waals surface area contributed by atoms with Crippen LogP contribution in [0.2, 0.25) is 0 Å². The zero-order valence-corrected chi connectivity index (χ0v) is 8.84. The summed E-state index contributed by atoms with van der Waals surface area (Å²) < 4.78 is 16.4. The van der Waals surface area contributed by atoms with Crippen LogP contribution in [0.4, 0.5) is 0 Å². The molecule has 3 rings (SSSR count). The van der Waals surface area contributed by atoms with Crippen LogP contribution in [-0.2, 0) is 14.2 Å². The summed E-state index contributed by atoms with van der Waals surface area (Å²) in [6, 6.07) is 0. The first-order chi connectivity index (χ1) is 7.33. The third-order valence-electron chi connectivity index (χ3n) is 3.27. The Morgan fingerprint density at radius 3 is 3.00 bits per heavy atom. The maximum atomic E-state index is 5.51. The second-order valence-corrected chi connectivity index (χ2v) is 4.12. The molecule has 0 aromatic carbocycles. The van der Waals surface area contributed by atoms with Gasteiger partial charge in [0.2, 0.25) is 5.79 Å². The molecule has 0 aromatic heterocycles. The Kier molecular flexibility index (Phi) is 2.09. The van der Waals surface area contributed by atoms with Gasteiger partial charge in [0.05, 0.1) is 7.11 Å². The summed E-state index contributed by atoms with van der Waals surface area (Å²) in [4.78, 5) is 0. The lowest BCUT2D eigenvalue weighted by molar-refractivity contribution is -0.372. The summed E-state index contributed by atoms with van der Waals surface area (Å²) in [5.41, 5.74) is 2.70. The summed E-state index contributed by atoms with van der Waals surface area (Å²) in [5, 5.41) is 3.35. The molecule has 2 heterocycles. The monoisotopic (exact) mass is 209 g/mol. The van der Waals surface area contributed by atoms with Crippen LogP contribution in [0.3, 0.4) is 0 Å². The van der Waals surface area contributed by atoms with E-state index in [2.05, 4.69) is 5.32 Å². The summed E-state index contributed by atoms with van der Waals surface area (Å²) in [6.07, 6.45) is 3.88. The molecule has 0 radical (unpaired) electrons. The van der Waals surface area contributed by atoms with Gasteiger partial charge in [-0.3, -0.25) is 0 Å². The largest absolute Gasteiger partial charge is 0.497 e. The molecule has 0 aromatic rings. The minimum Gasteiger partial charge on any atom is -0.497 e. The SMILES string of the molecule is COC1=CC2(CC3=C1CNCC3)OCO2. The molecule has 0 amide bonds. The highest BCUT2D eigenvalue weighted by Gasteiger charge is 2.43. The van der Waals surface area contributed by atoms with E-state index in [0.29, 0.717) is 6.79 Å². The van der Waals surface area contributed by atoms with E-state index in [-0.39, 0.29) is 0 Å². The van der Waals surface area contributed by atoms with E-state index in [9.17, 15) is 0 Å². The lowest BCUT2D eigenvalue weighted by Crippen LogP contribution is -2.48. The molecule has 15 heavy (non-hydrogen) atoms. The predicted molar refractivity (Wildman–Crippen MR) is 54.0 cm³/mol. The molecule has 0 atom stereocenters. The molecular formula is C11H15NO3. The topological polar surface area (TPSA) is 39.7 Å². The van der Waals surface area contributed by atoms with Crippen molar-refractivity contribution >= 4 is 0 Å². The van der Waals surface area contributed by atoms with Crippen LogP contribution < -0.4 is 5.32 Å². The average molecular weight is 209 g/mol. The number of methoxy groups -OCH3 is 1. The number of rotatable bonds is 1. The quantitative estimate of drug-likeness (QED) is 0.697. The lowest BCUT2D eigenvalue weighted by Gasteiger charge is -2.43. The van der Waals surface area contributed by atoms with Gasteiger partial charge >= 0.3 is 0 Å². The zero-order valence-electron chi connectivity index (χ0n) is 8.84. The van der Waals surface area contributed by atoms with Gasteiger partial charge in [0.15, 0.2) is 6.79 Å². The fourth-order valence-corrected chi connectivity index (χ4v) is 2.40. The zero-order chi connectivity index (χ0) is 10.3. The Morgan fingerprint density at radius 2 is 2.33 bits per heavy atom. The Labute approximate surface area is 88.9 Å². The number of nitrogens with one attached hydrogen (secondary N) is 1. The van der Waals surface area contributed by atoms with Gasteiger partial charge < -0.3 is 19.5 Å². The van der Waals surface area contributed by atoms with Gasteiger partial charge in [0.1, 0.15) is 5.76 Å². The Bertz CT molecular complexity index is 342. The summed E-state index contributed by atoms with van der Waals surface area (Å²) in [7, 11) is 1.70. The van der Waals surface area contributed by atoms with Crippen molar-refractivity contribution in [3.63, 3.8) is 0 Å². The standard InChI is InChI=1S/C11H15NO3/c1-13-10-5-11(14-7-15-11)4-8-2-3-12-6-9(8)10/h5,12H,2-4,6-7H2,1H3. The maximum Gasteiger partial charge on any atom is 0.200 e. The van der Waals surface area contributed by atoms with E-state index in [4.69, 9.17) is 14.2 Å². The molecule has 0 saturated carbocycles. The average Bonchev–Trinajstić information content (AvgIpc) is 2.25. The van der Waals surface area contributed by atoms with Crippen molar-refractivity contribution in [3.8, 4) is 0 Å². The van der Waals surface area contributed by atoms with Crippen molar-refractivity contribution in [1.29, 1.82) is 0 Å². The molecule has 1 saturated heterocycles. The van der Waals surface area contributed by atoms with Gasteiger partial charge in [-0.05, 0) is 13.0 Å². The molecule has 1 aliphatic carbocycles. The smallest absolute Gasteiger partial charge is 0.200 e. The first-order valence-corrected chi connectivity index (χ1v) is 5.30. The first kappa shape index (κ1) is 9.39. The minimum absolute atomic E-state index is 0.397. The molecule has 0 unspecified atom stereocenters. The van der Waals surface area contributed by atoms with Crippen LogP contribution in [0.5, 0.6) is 0 Å². The molecule has 1 fully saturated rings. The van der Waals surface area contributed by atoms with E-state index in [1.54, 1.807) is 7.11 Å². The van der Waals surface area contributed by atoms with E-state index >= 15 is 0 Å². The number of ether oxygens (including phenoxy) is 3. The molecule has 4 nitrogen and oxygen atoms in total. The van der Waals surface area contributed by atoms with Crippen molar-refractivity contribution < 1.29 is 14.2 Å². The highest BCUT2D eigenvalue weighted by atomic mass is 16.9. The van der Waals surface area contributed by atoms with Gasteiger partial charge in [-0.2, -0.15) is 0 Å². The van der Waals surface area contributed by atoms with Gasteiger partial charge in [-0.25, -0.2) is 0 Å². The van der Waals surface area contributed by atoms with E-state index in [0.717, 1.165) is 31.7 Å². The van der Waals surface area contributed by atoms with E-state index in [1.807, 2.05) is 6.08 Å². The molecule has 82 valence electrons. The van der Waals surface area contributed by atoms with Crippen LogP contribution in [0.25, 0.3) is 0 Å². The van der Waals surface area contributed by atoms with Crippen LogP contribution in [0.1, 0.15) is 12.8 Å². The van der Waals surface area contributed by atoms with Gasteiger partial charge in [-0.15, -0.1) is 0 Å². The van der Waals surface area contributed by atoms with Crippen LogP contribution in [-0.4, -0.2) is 32.8 Å². The lowest BCUT2D eigenvalue weighted by atomic mass is 9.87. The van der Waals surface area contributed by atoms with Gasteiger partial charge in [0, 0.05) is 24.6 Å². The Balaban J connectivity index is 1.95. The van der Waals surface area contributed by atoms with Gasteiger partial charge in [0.25, 0.3) is 0 Å². The second kappa shape index (κ2) is 3.33. The number of hydrogen-bond donors (Lipinski definition) is 1. The van der Waals surface area contributed by atoms with Crippen LogP contribution in [0.15, 0.2) is 23.0 Å². The van der Waals surface area contributed by atoms with E-state index in [1.165, 1.54) is 11.1 Å². The third kappa shape index (κ3) is 1.40. The molecule has 1 spiro atoms. The molecule has 3 aliphatic rings. The van der Waals surface area contributed by atoms with Crippen molar-refractivity contribution in [2.45, 2.75) is 18.6 Å². The fourth-order valence-electron chi connectivity index (χ4n) is 2.40. The molecule has 1 N–H and O–H groups in total.